The number of nitrogens with zero attached hydrogens (tertiary/aromatic N) is 2. The van der Waals surface area contributed by atoms with Crippen molar-refractivity contribution in [3.05, 3.63) is 66.2 Å². The molecule has 0 aliphatic carbocycles. The number of carbonyl (C=O) groups excluding carboxylic acids is 1. The third-order valence-electron chi connectivity index (χ3n) is 2.61. The maximum absolute atomic E-state index is 13.0. The molecular weight excluding hydrogens is 303 g/mol. The van der Waals surface area contributed by atoms with Crippen LogP contribution in [0.15, 0.2) is 60.7 Å². The number of rotatable bonds is 6. The van der Waals surface area contributed by atoms with Crippen LogP contribution < -0.4 is 9.05 Å². The van der Waals surface area contributed by atoms with Crippen LogP contribution in [0.5, 0.6) is 11.5 Å². The molecule has 0 fully saturated rings. The van der Waals surface area contributed by atoms with Gasteiger partial charge in [-0.3, -0.25) is 4.79 Å². The van der Waals surface area contributed by atoms with Crippen molar-refractivity contribution in [2.75, 3.05) is 0 Å². The van der Waals surface area contributed by atoms with Gasteiger partial charge in [-0.25, -0.2) is 4.57 Å². The number of Topliss-reactive ketones (excluding diaryl/α,β-unsaturated/α-hetero) is 1. The van der Waals surface area contributed by atoms with Gasteiger partial charge < -0.3 is 14.6 Å². The molecule has 112 valence electrons. The first-order valence-corrected chi connectivity index (χ1v) is 7.92. The minimum atomic E-state index is -4.18. The Balaban J connectivity index is 2.42. The maximum Gasteiger partial charge on any atom is 0.548 e. The van der Waals surface area contributed by atoms with Gasteiger partial charge in [0.1, 0.15) is 11.5 Å². The summed E-state index contributed by atoms with van der Waals surface area (Å²) in [6, 6.07) is 16.4. The van der Waals surface area contributed by atoms with Gasteiger partial charge in [-0.15, -0.1) is 0 Å². The molecule has 7 heteroatoms. The molecule has 0 heterocycles. The van der Waals surface area contributed by atoms with Crippen LogP contribution in [-0.4, -0.2) is 16.0 Å². The fourth-order valence-corrected chi connectivity index (χ4v) is 3.17. The minimum absolute atomic E-state index is 0.226. The Labute approximate surface area is 127 Å². The second-order valence-electron chi connectivity index (χ2n) is 4.29. The topological polar surface area (TPSA) is 89.0 Å². The van der Waals surface area contributed by atoms with E-state index in [2.05, 4.69) is 4.79 Å². The lowest BCUT2D eigenvalue weighted by Gasteiger charge is -2.15. The summed E-state index contributed by atoms with van der Waals surface area (Å²) in [5.41, 5.74) is 8.36. The first-order valence-electron chi connectivity index (χ1n) is 6.38. The largest absolute Gasteiger partial charge is 0.548 e. The van der Waals surface area contributed by atoms with Crippen molar-refractivity contribution in [2.24, 2.45) is 0 Å². The van der Waals surface area contributed by atoms with Gasteiger partial charge in [-0.1, -0.05) is 36.4 Å². The van der Waals surface area contributed by atoms with Crippen LogP contribution in [0.2, 0.25) is 0 Å². The summed E-state index contributed by atoms with van der Waals surface area (Å²) in [5.74, 6) is -0.258. The van der Waals surface area contributed by atoms with Gasteiger partial charge in [-0.2, -0.15) is 4.79 Å². The second kappa shape index (κ2) is 6.85. The lowest BCUT2D eigenvalue weighted by atomic mass is 10.3. The molecule has 2 aromatic rings. The summed E-state index contributed by atoms with van der Waals surface area (Å²) < 4.78 is 23.7. The summed E-state index contributed by atoms with van der Waals surface area (Å²) >= 11 is 0. The average molecular weight is 316 g/mol. The number of benzene rings is 2. The summed E-state index contributed by atoms with van der Waals surface area (Å²) in [4.78, 5) is 14.4. The SMILES string of the molecule is CC(=O)C(=[N+]=[N-])P(=O)(Oc1ccccc1)Oc1ccccc1. The van der Waals surface area contributed by atoms with Gasteiger partial charge in [0.15, 0.2) is 0 Å². The number of hydrogen-bond acceptors (Lipinski definition) is 4. The van der Waals surface area contributed by atoms with Gasteiger partial charge in [0.2, 0.25) is 0 Å². The predicted octanol–water partition coefficient (Wildman–Crippen LogP) is 3.55. The van der Waals surface area contributed by atoms with E-state index in [0.717, 1.165) is 6.92 Å². The van der Waals surface area contributed by atoms with Crippen molar-refractivity contribution in [1.29, 1.82) is 0 Å². The Bertz CT molecular complexity index is 710. The molecule has 0 spiro atoms. The normalized spacial score (nSPS) is 10.4. The molecule has 0 amide bonds. The number of hydrogen-bond donors (Lipinski definition) is 0. The monoisotopic (exact) mass is 316 g/mol. The highest BCUT2D eigenvalue weighted by atomic mass is 31.2. The molecule has 0 saturated carbocycles. The molecule has 0 bridgehead atoms. The Hall–Kier alpha value is -2.68. The second-order valence-corrected chi connectivity index (χ2v) is 6.07. The quantitative estimate of drug-likeness (QED) is 0.353. The molecule has 22 heavy (non-hydrogen) atoms. The first-order chi connectivity index (χ1) is 10.5. The average Bonchev–Trinajstić information content (AvgIpc) is 2.49. The lowest BCUT2D eigenvalue weighted by molar-refractivity contribution is -0.114. The van der Waals surface area contributed by atoms with Gasteiger partial charge in [-0.05, 0) is 24.3 Å². The van der Waals surface area contributed by atoms with E-state index in [1.807, 2.05) is 0 Å². The molecule has 2 aromatic carbocycles. The van der Waals surface area contributed by atoms with E-state index in [1.165, 1.54) is 0 Å². The first kappa shape index (κ1) is 15.7. The van der Waals surface area contributed by atoms with Crippen LogP contribution >= 0.6 is 7.60 Å². The van der Waals surface area contributed by atoms with E-state index < -0.39 is 18.8 Å². The lowest BCUT2D eigenvalue weighted by Crippen LogP contribution is -2.19. The smallest absolute Gasteiger partial charge is 0.408 e. The van der Waals surface area contributed by atoms with Gasteiger partial charge in [0.25, 0.3) is 5.78 Å². The van der Waals surface area contributed by atoms with Gasteiger partial charge >= 0.3 is 13.0 Å². The Morgan fingerprint density at radius 3 is 1.68 bits per heavy atom. The minimum Gasteiger partial charge on any atom is -0.408 e. The van der Waals surface area contributed by atoms with E-state index in [0.29, 0.717) is 0 Å². The molecule has 0 radical (unpaired) electrons. The highest BCUT2D eigenvalue weighted by molar-refractivity contribution is 7.75. The molecule has 0 atom stereocenters. The molecule has 6 nitrogen and oxygen atoms in total. The molecule has 2 rings (SSSR count). The summed E-state index contributed by atoms with van der Waals surface area (Å²) in [6.07, 6.45) is 0. The van der Waals surface area contributed by atoms with Crippen molar-refractivity contribution in [3.8, 4) is 11.5 Å². The van der Waals surface area contributed by atoms with Crippen LogP contribution in [0.3, 0.4) is 0 Å². The Kier molecular flexibility index (Phi) is 4.89. The maximum atomic E-state index is 13.0. The van der Waals surface area contributed by atoms with Gasteiger partial charge in [0, 0.05) is 6.92 Å². The van der Waals surface area contributed by atoms with E-state index in [4.69, 9.17) is 14.6 Å². The number of para-hydroxylation sites is 2. The molecular formula is C15H13N2O4P. The fourth-order valence-electron chi connectivity index (χ4n) is 1.66. The molecule has 0 aliphatic rings. The molecule has 0 aromatic heterocycles. The number of carbonyl (C=O) groups is 1. The summed E-state index contributed by atoms with van der Waals surface area (Å²) in [7, 11) is -4.18. The van der Waals surface area contributed by atoms with Crippen LogP contribution in [0.25, 0.3) is 5.53 Å². The van der Waals surface area contributed by atoms with E-state index in [-0.39, 0.29) is 11.5 Å². The zero-order valence-electron chi connectivity index (χ0n) is 11.7. The zero-order valence-corrected chi connectivity index (χ0v) is 12.6. The van der Waals surface area contributed by atoms with Gasteiger partial charge in [0.05, 0.1) is 0 Å². The van der Waals surface area contributed by atoms with Crippen molar-refractivity contribution in [2.45, 2.75) is 6.92 Å². The van der Waals surface area contributed by atoms with Crippen LogP contribution in [0, 0.1) is 0 Å². The third-order valence-corrected chi connectivity index (χ3v) is 4.43. The Morgan fingerprint density at radius 1 is 0.955 bits per heavy atom. The highest BCUT2D eigenvalue weighted by Gasteiger charge is 2.47. The van der Waals surface area contributed by atoms with Crippen molar-refractivity contribution >= 4 is 18.8 Å². The van der Waals surface area contributed by atoms with Crippen LogP contribution in [-0.2, 0) is 9.36 Å². The fraction of sp³-hybridized carbons (Fsp3) is 0.0667. The van der Waals surface area contributed by atoms with Crippen molar-refractivity contribution < 1.29 is 23.2 Å². The molecule has 0 saturated heterocycles. The zero-order chi connectivity index (χ0) is 16.0. The van der Waals surface area contributed by atoms with Crippen molar-refractivity contribution in [1.82, 2.24) is 0 Å². The van der Waals surface area contributed by atoms with E-state index in [9.17, 15) is 9.36 Å². The van der Waals surface area contributed by atoms with Crippen molar-refractivity contribution in [3.63, 3.8) is 0 Å². The highest BCUT2D eigenvalue weighted by Crippen LogP contribution is 2.49. The summed E-state index contributed by atoms with van der Waals surface area (Å²) in [5, 5.41) is 0. The molecule has 0 unspecified atom stereocenters. The van der Waals surface area contributed by atoms with Crippen LogP contribution in [0.1, 0.15) is 6.92 Å². The molecule has 0 aliphatic heterocycles. The van der Waals surface area contributed by atoms with Crippen LogP contribution in [0.4, 0.5) is 0 Å². The third kappa shape index (κ3) is 3.70. The molecule has 0 N–H and O–H groups in total. The van der Waals surface area contributed by atoms with E-state index in [1.54, 1.807) is 60.7 Å². The summed E-state index contributed by atoms with van der Waals surface area (Å²) in [6.45, 7) is 1.12. The number of ketones is 1. The standard InChI is InChI=1S/C15H13N2O4P/c1-12(18)15(17-16)22(19,20-13-8-4-2-5-9-13)21-14-10-6-3-7-11-14/h2-11H,1H3. The van der Waals surface area contributed by atoms with E-state index >= 15 is 0 Å². The predicted molar refractivity (Wildman–Crippen MR) is 81.1 cm³/mol. The Morgan fingerprint density at radius 2 is 1.36 bits per heavy atom.